The molecule has 0 radical (unpaired) electrons. The average Bonchev–Trinajstić information content (AvgIpc) is 2.15. The number of esters is 1. The summed E-state index contributed by atoms with van der Waals surface area (Å²) in [6, 6.07) is 0. The molecule has 0 N–H and O–H groups in total. The fraction of sp³-hybridized carbons (Fsp3) is 0.545. The molecule has 0 fully saturated rings. The van der Waals surface area contributed by atoms with Crippen molar-refractivity contribution < 1.29 is 19.1 Å². The number of ketones is 2. The van der Waals surface area contributed by atoms with Crippen molar-refractivity contribution in [2.24, 2.45) is 5.41 Å². The Labute approximate surface area is 89.3 Å². The van der Waals surface area contributed by atoms with E-state index in [-0.39, 0.29) is 23.6 Å². The summed E-state index contributed by atoms with van der Waals surface area (Å²) >= 11 is 0. The van der Waals surface area contributed by atoms with E-state index >= 15 is 0 Å². The van der Waals surface area contributed by atoms with E-state index < -0.39 is 11.4 Å². The number of carbonyl (C=O) groups is 3. The minimum atomic E-state index is -1.18. The normalized spacial score (nSPS) is 10.7. The molecular weight excluding hydrogens is 196 g/mol. The largest absolute Gasteiger partial charge is 0.466 e. The van der Waals surface area contributed by atoms with E-state index in [0.717, 1.165) is 0 Å². The fourth-order valence-corrected chi connectivity index (χ4v) is 1.14. The van der Waals surface area contributed by atoms with Crippen molar-refractivity contribution in [3.05, 3.63) is 12.2 Å². The zero-order chi connectivity index (χ0) is 12.2. The first-order valence-electron chi connectivity index (χ1n) is 4.54. The van der Waals surface area contributed by atoms with Gasteiger partial charge >= 0.3 is 5.97 Å². The van der Waals surface area contributed by atoms with Crippen LogP contribution in [0.4, 0.5) is 0 Å². The maximum atomic E-state index is 11.3. The van der Waals surface area contributed by atoms with Gasteiger partial charge in [0.05, 0.1) is 12.5 Å². The highest BCUT2D eigenvalue weighted by atomic mass is 16.5. The van der Waals surface area contributed by atoms with Gasteiger partial charge in [-0.25, -0.2) is 4.79 Å². The molecule has 0 aromatic carbocycles. The molecule has 84 valence electrons. The average molecular weight is 212 g/mol. The highest BCUT2D eigenvalue weighted by molar-refractivity contribution is 6.06. The van der Waals surface area contributed by atoms with Crippen LogP contribution in [0.2, 0.25) is 0 Å². The first kappa shape index (κ1) is 13.5. The van der Waals surface area contributed by atoms with E-state index in [1.54, 1.807) is 0 Å². The topological polar surface area (TPSA) is 60.4 Å². The summed E-state index contributed by atoms with van der Waals surface area (Å²) < 4.78 is 4.46. The third-order valence-corrected chi connectivity index (χ3v) is 2.60. The number of methoxy groups -OCH3 is 1. The molecule has 0 amide bonds. The molecule has 0 aliphatic heterocycles. The Balaban J connectivity index is 4.87. The number of Topliss-reactive ketones (excluding diaryl/α,β-unsaturated/α-hetero) is 2. The summed E-state index contributed by atoms with van der Waals surface area (Å²) in [6.45, 7) is 7.65. The Hall–Kier alpha value is -1.45. The molecule has 0 saturated heterocycles. The molecule has 4 heteroatoms. The van der Waals surface area contributed by atoms with Crippen molar-refractivity contribution in [3.8, 4) is 0 Å². The second-order valence-corrected chi connectivity index (χ2v) is 3.72. The molecule has 4 nitrogen and oxygen atoms in total. The molecule has 0 aromatic rings. The first-order valence-corrected chi connectivity index (χ1v) is 4.54. The van der Waals surface area contributed by atoms with E-state index in [4.69, 9.17) is 0 Å². The van der Waals surface area contributed by atoms with Gasteiger partial charge < -0.3 is 4.74 Å². The first-order chi connectivity index (χ1) is 6.75. The van der Waals surface area contributed by atoms with Crippen LogP contribution in [0.5, 0.6) is 0 Å². The third kappa shape index (κ3) is 3.01. The van der Waals surface area contributed by atoms with E-state index in [0.29, 0.717) is 0 Å². The molecule has 0 saturated carbocycles. The van der Waals surface area contributed by atoms with Crippen molar-refractivity contribution in [3.63, 3.8) is 0 Å². The molecule has 0 unspecified atom stereocenters. The molecule has 0 aliphatic carbocycles. The van der Waals surface area contributed by atoms with Gasteiger partial charge in [-0.15, -0.1) is 0 Å². The van der Waals surface area contributed by atoms with Crippen LogP contribution in [0, 0.1) is 5.41 Å². The van der Waals surface area contributed by atoms with Gasteiger partial charge in [-0.3, -0.25) is 9.59 Å². The summed E-state index contributed by atoms with van der Waals surface area (Å²) in [4.78, 5) is 33.8. The number of carbonyl (C=O) groups excluding carboxylic acids is 3. The van der Waals surface area contributed by atoms with Crippen LogP contribution in [-0.4, -0.2) is 24.6 Å². The van der Waals surface area contributed by atoms with Crippen LogP contribution < -0.4 is 0 Å². The zero-order valence-corrected chi connectivity index (χ0v) is 9.55. The minimum Gasteiger partial charge on any atom is -0.466 e. The number of hydrogen-bond donors (Lipinski definition) is 0. The molecular formula is C11H16O4. The van der Waals surface area contributed by atoms with Crippen LogP contribution in [0.15, 0.2) is 12.2 Å². The molecule has 15 heavy (non-hydrogen) atoms. The van der Waals surface area contributed by atoms with Crippen molar-refractivity contribution >= 4 is 17.5 Å². The smallest absolute Gasteiger partial charge is 0.333 e. The Morgan fingerprint density at radius 2 is 1.60 bits per heavy atom. The lowest BCUT2D eigenvalue weighted by Crippen LogP contribution is -2.34. The predicted octanol–water partition coefficient (Wildman–Crippen LogP) is 1.29. The van der Waals surface area contributed by atoms with E-state index in [1.807, 2.05) is 0 Å². The Morgan fingerprint density at radius 3 is 1.87 bits per heavy atom. The molecule has 0 heterocycles. The van der Waals surface area contributed by atoms with Crippen LogP contribution in [-0.2, 0) is 19.1 Å². The number of hydrogen-bond acceptors (Lipinski definition) is 4. The second-order valence-electron chi connectivity index (χ2n) is 3.72. The van der Waals surface area contributed by atoms with Gasteiger partial charge in [0.25, 0.3) is 0 Å². The highest BCUT2D eigenvalue weighted by Crippen LogP contribution is 2.28. The standard InChI is InChI=1S/C11H16O4/c1-7(10(14)15-5)6-11(4,8(2)12)9(3)13/h1,6H2,2-5H3. The van der Waals surface area contributed by atoms with Crippen molar-refractivity contribution in [2.75, 3.05) is 7.11 Å². The van der Waals surface area contributed by atoms with Crippen molar-refractivity contribution in [1.82, 2.24) is 0 Å². The Morgan fingerprint density at radius 1 is 1.20 bits per heavy atom. The predicted molar refractivity (Wildman–Crippen MR) is 55.2 cm³/mol. The molecule has 0 rings (SSSR count). The third-order valence-electron chi connectivity index (χ3n) is 2.60. The lowest BCUT2D eigenvalue weighted by molar-refractivity contribution is -0.138. The molecule has 0 bridgehead atoms. The molecule has 0 spiro atoms. The quantitative estimate of drug-likeness (QED) is 0.391. The van der Waals surface area contributed by atoms with E-state index in [9.17, 15) is 14.4 Å². The minimum absolute atomic E-state index is 0.00431. The summed E-state index contributed by atoms with van der Waals surface area (Å²) in [6.07, 6.45) is 0.00431. The second kappa shape index (κ2) is 4.87. The fourth-order valence-electron chi connectivity index (χ4n) is 1.14. The van der Waals surface area contributed by atoms with E-state index in [2.05, 4.69) is 11.3 Å². The van der Waals surface area contributed by atoms with Gasteiger partial charge in [-0.1, -0.05) is 6.58 Å². The SMILES string of the molecule is C=C(CC(C)(C(C)=O)C(C)=O)C(=O)OC. The maximum Gasteiger partial charge on any atom is 0.333 e. The summed E-state index contributed by atoms with van der Waals surface area (Å²) in [5.41, 5.74) is -1.05. The van der Waals surface area contributed by atoms with Crippen LogP contribution >= 0.6 is 0 Å². The van der Waals surface area contributed by atoms with Crippen molar-refractivity contribution in [2.45, 2.75) is 27.2 Å². The van der Waals surface area contributed by atoms with Gasteiger partial charge in [0.1, 0.15) is 11.6 Å². The van der Waals surface area contributed by atoms with Crippen molar-refractivity contribution in [1.29, 1.82) is 0 Å². The van der Waals surface area contributed by atoms with Gasteiger partial charge in [-0.05, 0) is 27.2 Å². The van der Waals surface area contributed by atoms with Gasteiger partial charge in [-0.2, -0.15) is 0 Å². The van der Waals surface area contributed by atoms with Gasteiger partial charge in [0.2, 0.25) is 0 Å². The van der Waals surface area contributed by atoms with Gasteiger partial charge in [0, 0.05) is 5.57 Å². The lowest BCUT2D eigenvalue weighted by Gasteiger charge is -2.23. The maximum absolute atomic E-state index is 11.3. The van der Waals surface area contributed by atoms with Gasteiger partial charge in [0.15, 0.2) is 0 Å². The molecule has 0 atom stereocenters. The summed E-state index contributed by atoms with van der Waals surface area (Å²) in [5, 5.41) is 0. The lowest BCUT2D eigenvalue weighted by atomic mass is 9.77. The molecule has 0 aliphatic rings. The summed E-state index contributed by atoms with van der Waals surface area (Å²) in [7, 11) is 1.23. The monoisotopic (exact) mass is 212 g/mol. The van der Waals surface area contributed by atoms with Crippen LogP contribution in [0.3, 0.4) is 0 Å². The molecule has 0 aromatic heterocycles. The highest BCUT2D eigenvalue weighted by Gasteiger charge is 2.36. The Kier molecular flexibility index (Phi) is 4.40. The van der Waals surface area contributed by atoms with Crippen LogP contribution in [0.1, 0.15) is 27.2 Å². The Bertz CT molecular complexity index is 301. The zero-order valence-electron chi connectivity index (χ0n) is 9.55. The summed E-state index contributed by atoms with van der Waals surface area (Å²) in [5.74, 6) is -1.15. The van der Waals surface area contributed by atoms with E-state index in [1.165, 1.54) is 27.9 Å². The van der Waals surface area contributed by atoms with Crippen LogP contribution in [0.25, 0.3) is 0 Å². The number of rotatable bonds is 5. The number of ether oxygens (including phenoxy) is 1.